The van der Waals surface area contributed by atoms with Crippen molar-refractivity contribution in [1.82, 2.24) is 10.2 Å². The maximum absolute atomic E-state index is 11.3. The fourth-order valence-corrected chi connectivity index (χ4v) is 1.62. The van der Waals surface area contributed by atoms with Crippen LogP contribution in [0.25, 0.3) is 0 Å². The summed E-state index contributed by atoms with van der Waals surface area (Å²) in [6.07, 6.45) is -4.75. The van der Waals surface area contributed by atoms with Crippen LogP contribution in [-0.2, 0) is 28.1 Å². The summed E-state index contributed by atoms with van der Waals surface area (Å²) < 4.78 is 34.6. The topological polar surface area (TPSA) is 218 Å². The maximum Gasteiger partial charge on any atom is 0.432 e. The van der Waals surface area contributed by atoms with Gasteiger partial charge in [-0.15, -0.1) is 0 Å². The first-order valence-corrected chi connectivity index (χ1v) is 9.29. The van der Waals surface area contributed by atoms with Crippen molar-refractivity contribution in [3.63, 3.8) is 0 Å². The number of nitrogens with one attached hydrogen (secondary N) is 2. The Bertz CT molecular complexity index is 622. The van der Waals surface area contributed by atoms with Crippen LogP contribution in [0.2, 0.25) is 0 Å². The highest BCUT2D eigenvalue weighted by atomic mass is 31.2. The van der Waals surface area contributed by atoms with E-state index in [1.807, 2.05) is 0 Å². The Hall–Kier alpha value is -1.95. The predicted octanol–water partition coefficient (Wildman–Crippen LogP) is -0.888. The molecule has 16 heteroatoms. The van der Waals surface area contributed by atoms with Crippen LogP contribution in [0.3, 0.4) is 0 Å². The first kappa shape index (κ1) is 23.1. The van der Waals surface area contributed by atoms with Gasteiger partial charge >= 0.3 is 33.6 Å². The third-order valence-corrected chi connectivity index (χ3v) is 2.84. The molecule has 0 aliphatic carbocycles. The van der Waals surface area contributed by atoms with E-state index in [2.05, 4.69) is 20.8 Å². The third-order valence-electron chi connectivity index (χ3n) is 1.90. The van der Waals surface area contributed by atoms with E-state index in [0.29, 0.717) is 0 Å². The lowest BCUT2D eigenvalue weighted by atomic mass is 10.3. The van der Waals surface area contributed by atoms with Gasteiger partial charge in [-0.25, -0.2) is 33.7 Å². The summed E-state index contributed by atoms with van der Waals surface area (Å²) in [5, 5.41) is 2.30. The van der Waals surface area contributed by atoms with E-state index >= 15 is 0 Å². The lowest BCUT2D eigenvalue weighted by Crippen LogP contribution is -2.35. The maximum atomic E-state index is 11.3. The van der Waals surface area contributed by atoms with Crippen molar-refractivity contribution in [2.24, 2.45) is 0 Å². The molecule has 0 saturated carbocycles. The second-order valence-corrected chi connectivity index (χ2v) is 6.94. The molecule has 0 fully saturated rings. The smallest absolute Gasteiger partial charge is 0.432 e. The van der Waals surface area contributed by atoms with Crippen LogP contribution >= 0.6 is 15.5 Å². The Balaban J connectivity index is 4.77. The van der Waals surface area contributed by atoms with Gasteiger partial charge in [-0.2, -0.15) is 0 Å². The van der Waals surface area contributed by atoms with Gasteiger partial charge in [0.25, 0.3) is 0 Å². The Morgan fingerprint density at radius 2 is 1.40 bits per heavy atom. The van der Waals surface area contributed by atoms with Gasteiger partial charge in [-0.05, 0) is 6.92 Å². The molecular weight excluding hydrogens is 390 g/mol. The summed E-state index contributed by atoms with van der Waals surface area (Å²) >= 11 is 0. The Morgan fingerprint density at radius 1 is 0.960 bits per heavy atom. The quantitative estimate of drug-likeness (QED) is 0.125. The molecule has 144 valence electrons. The minimum absolute atomic E-state index is 0.0152. The van der Waals surface area contributed by atoms with Crippen molar-refractivity contribution in [3.8, 4) is 0 Å². The van der Waals surface area contributed by atoms with Crippen molar-refractivity contribution in [2.45, 2.75) is 13.0 Å². The van der Waals surface area contributed by atoms with Crippen LogP contribution < -0.4 is 10.2 Å². The van der Waals surface area contributed by atoms with E-state index in [-0.39, 0.29) is 5.57 Å². The van der Waals surface area contributed by atoms with E-state index in [1.165, 1.54) is 6.92 Å². The van der Waals surface area contributed by atoms with Gasteiger partial charge in [-0.3, -0.25) is 0 Å². The summed E-state index contributed by atoms with van der Waals surface area (Å²) in [5.41, 5.74) is -0.0152. The van der Waals surface area contributed by atoms with Gasteiger partial charge < -0.3 is 33.8 Å². The highest BCUT2D eigenvalue weighted by molar-refractivity contribution is 7.50. The Labute approximate surface area is 140 Å². The largest absolute Gasteiger partial charge is 0.458 e. The number of hydrogen-bond acceptors (Lipinski definition) is 8. The second-order valence-electron chi connectivity index (χ2n) is 4.32. The van der Waals surface area contributed by atoms with Crippen molar-refractivity contribution < 1.29 is 57.3 Å². The first-order valence-electron chi connectivity index (χ1n) is 6.07. The summed E-state index contributed by atoms with van der Waals surface area (Å²) in [4.78, 5) is 67.7. The average Bonchev–Trinajstić information content (AvgIpc) is 2.37. The number of ether oxygens (including phenoxy) is 3. The van der Waals surface area contributed by atoms with E-state index in [4.69, 9.17) is 19.6 Å². The van der Waals surface area contributed by atoms with E-state index in [9.17, 15) is 23.5 Å². The number of hydrogen-bond donors (Lipinski definition) is 6. The molecule has 1 atom stereocenters. The van der Waals surface area contributed by atoms with Crippen LogP contribution in [0, 0.1) is 0 Å². The van der Waals surface area contributed by atoms with Crippen molar-refractivity contribution in [2.75, 3.05) is 13.2 Å². The number of rotatable bonds is 8. The molecule has 0 rings (SSSR count). The van der Waals surface area contributed by atoms with Crippen LogP contribution in [0.4, 0.5) is 9.59 Å². The summed E-state index contributed by atoms with van der Waals surface area (Å²) in [6, 6.07) is 0. The molecule has 0 aromatic rings. The molecule has 0 aliphatic rings. The van der Waals surface area contributed by atoms with Crippen LogP contribution in [0.15, 0.2) is 12.2 Å². The van der Waals surface area contributed by atoms with Gasteiger partial charge in [0.05, 0.1) is 0 Å². The van der Waals surface area contributed by atoms with Crippen molar-refractivity contribution in [1.29, 1.82) is 0 Å². The molecule has 0 aromatic carbocycles. The van der Waals surface area contributed by atoms with Crippen LogP contribution in [0.1, 0.15) is 6.92 Å². The van der Waals surface area contributed by atoms with Crippen molar-refractivity contribution in [3.05, 3.63) is 12.2 Å². The average molecular weight is 406 g/mol. The van der Waals surface area contributed by atoms with Gasteiger partial charge in [0.15, 0.2) is 6.10 Å². The van der Waals surface area contributed by atoms with Crippen LogP contribution in [-0.4, -0.2) is 57.0 Å². The molecule has 0 bridgehead atoms. The fourth-order valence-electron chi connectivity index (χ4n) is 1.02. The molecule has 2 amide bonds. The molecule has 0 aliphatic heterocycles. The number of carbonyl (C=O) groups is 3. The SMILES string of the molecule is C=C(C)C(=O)OCC(COC(=O)NP(=O)(O)O)OC(=O)NP(=O)(O)O. The molecule has 14 nitrogen and oxygen atoms in total. The zero-order valence-electron chi connectivity index (χ0n) is 12.6. The summed E-state index contributed by atoms with van der Waals surface area (Å²) in [7, 11) is -9.89. The molecule has 0 saturated heterocycles. The molecule has 0 spiro atoms. The van der Waals surface area contributed by atoms with Gasteiger partial charge in [0, 0.05) is 5.57 Å². The van der Waals surface area contributed by atoms with E-state index in [0.717, 1.165) is 10.2 Å². The predicted molar refractivity (Wildman–Crippen MR) is 77.7 cm³/mol. The molecule has 6 N–H and O–H groups in total. The number of carbonyl (C=O) groups excluding carboxylic acids is 3. The van der Waals surface area contributed by atoms with Gasteiger partial charge in [-0.1, -0.05) is 6.58 Å². The Kier molecular flexibility index (Phi) is 8.77. The molecule has 0 heterocycles. The molecule has 25 heavy (non-hydrogen) atoms. The molecule has 0 aromatic heterocycles. The van der Waals surface area contributed by atoms with Crippen LogP contribution in [0.5, 0.6) is 0 Å². The number of esters is 1. The third kappa shape index (κ3) is 13.1. The van der Waals surface area contributed by atoms with Gasteiger partial charge in [0.2, 0.25) is 0 Å². The van der Waals surface area contributed by atoms with Crippen molar-refractivity contribution >= 4 is 33.6 Å². The lowest BCUT2D eigenvalue weighted by Gasteiger charge is -2.18. The number of amides is 2. The van der Waals surface area contributed by atoms with E-state index < -0.39 is 53.0 Å². The minimum atomic E-state index is -4.97. The standard InChI is InChI=1S/C9H16N2O12P2/c1-5(2)7(12)21-3-6(23-9(14)11-25(18,19)20)4-22-8(13)10-24(15,16)17/h6H,1,3-4H2,2H3,(H3,10,13,15,16,17)(H3,11,14,18,19,20). The Morgan fingerprint density at radius 3 is 1.84 bits per heavy atom. The zero-order chi connectivity index (χ0) is 19.8. The molecule has 0 radical (unpaired) electrons. The molecular formula is C9H16N2O12P2. The zero-order valence-corrected chi connectivity index (χ0v) is 14.4. The van der Waals surface area contributed by atoms with Gasteiger partial charge in [0.1, 0.15) is 13.2 Å². The summed E-state index contributed by atoms with van der Waals surface area (Å²) in [6.45, 7) is 3.02. The highest BCUT2D eigenvalue weighted by Crippen LogP contribution is 2.28. The van der Waals surface area contributed by atoms with E-state index in [1.54, 1.807) is 0 Å². The minimum Gasteiger partial charge on any atom is -0.458 e. The lowest BCUT2D eigenvalue weighted by molar-refractivity contribution is -0.142. The summed E-state index contributed by atoms with van der Waals surface area (Å²) in [5.74, 6) is -0.899. The molecule has 1 unspecified atom stereocenters. The monoisotopic (exact) mass is 406 g/mol. The highest BCUT2D eigenvalue weighted by Gasteiger charge is 2.25. The normalized spacial score (nSPS) is 12.5. The first-order chi connectivity index (χ1) is 11.2. The fraction of sp³-hybridized carbons (Fsp3) is 0.444. The second kappa shape index (κ2) is 9.51.